The van der Waals surface area contributed by atoms with Crippen LogP contribution in [0.3, 0.4) is 0 Å². The Morgan fingerprint density at radius 1 is 1.13 bits per heavy atom. The summed E-state index contributed by atoms with van der Waals surface area (Å²) in [5, 5.41) is 0. The van der Waals surface area contributed by atoms with E-state index in [2.05, 4.69) is 15.9 Å². The molecule has 0 radical (unpaired) electrons. The minimum Gasteiger partial charge on any atom is -0.496 e. The Morgan fingerprint density at radius 2 is 1.70 bits per heavy atom. The highest BCUT2D eigenvalue weighted by Crippen LogP contribution is 2.32. The summed E-state index contributed by atoms with van der Waals surface area (Å²) in [6.45, 7) is 9.54. The third kappa shape index (κ3) is 3.96. The number of ether oxygens (including phenoxy) is 2. The molecule has 0 saturated carbocycles. The van der Waals surface area contributed by atoms with E-state index in [4.69, 9.17) is 9.47 Å². The average Bonchev–Trinajstić information content (AvgIpc) is 2.78. The molecular formula is C18H22BrNO3. The number of hydrogen-bond acceptors (Lipinski definition) is 3. The van der Waals surface area contributed by atoms with E-state index in [0.29, 0.717) is 0 Å². The van der Waals surface area contributed by atoms with Gasteiger partial charge in [-0.2, -0.15) is 0 Å². The van der Waals surface area contributed by atoms with Crippen molar-refractivity contribution in [3.63, 3.8) is 0 Å². The van der Waals surface area contributed by atoms with E-state index in [9.17, 15) is 4.79 Å². The zero-order valence-electron chi connectivity index (χ0n) is 14.4. The summed E-state index contributed by atoms with van der Waals surface area (Å²) in [6, 6.07) is 5.92. The van der Waals surface area contributed by atoms with E-state index in [-0.39, 0.29) is 0 Å². The maximum Gasteiger partial charge on any atom is 0.419 e. The second kappa shape index (κ2) is 6.40. The van der Waals surface area contributed by atoms with Gasteiger partial charge in [0.2, 0.25) is 0 Å². The molecule has 124 valence electrons. The Balaban J connectivity index is 2.51. The lowest BCUT2D eigenvalue weighted by molar-refractivity contribution is 0.0540. The van der Waals surface area contributed by atoms with Gasteiger partial charge in [-0.15, -0.1) is 0 Å². The van der Waals surface area contributed by atoms with Gasteiger partial charge in [-0.1, -0.05) is 0 Å². The minimum absolute atomic E-state index is 0.399. The molecule has 4 nitrogen and oxygen atoms in total. The zero-order chi connectivity index (χ0) is 17.4. The largest absolute Gasteiger partial charge is 0.496 e. The van der Waals surface area contributed by atoms with Crippen LogP contribution in [0.4, 0.5) is 4.79 Å². The van der Waals surface area contributed by atoms with Crippen molar-refractivity contribution in [3.05, 3.63) is 40.0 Å². The first-order valence-corrected chi connectivity index (χ1v) is 8.18. The van der Waals surface area contributed by atoms with Gasteiger partial charge in [-0.05, 0) is 85.4 Å². The van der Waals surface area contributed by atoms with Crippen LogP contribution in [0, 0.1) is 13.8 Å². The second-order valence-electron chi connectivity index (χ2n) is 6.54. The van der Waals surface area contributed by atoms with Crippen molar-refractivity contribution in [2.75, 3.05) is 7.11 Å². The maximum atomic E-state index is 12.5. The van der Waals surface area contributed by atoms with Crippen LogP contribution in [0.1, 0.15) is 31.9 Å². The highest BCUT2D eigenvalue weighted by molar-refractivity contribution is 9.10. The van der Waals surface area contributed by atoms with Gasteiger partial charge >= 0.3 is 6.09 Å². The van der Waals surface area contributed by atoms with Gasteiger partial charge in [-0.25, -0.2) is 4.79 Å². The molecule has 5 heteroatoms. The van der Waals surface area contributed by atoms with Gasteiger partial charge < -0.3 is 9.47 Å². The molecule has 0 spiro atoms. The third-order valence-corrected chi connectivity index (χ3v) is 3.77. The maximum absolute atomic E-state index is 12.5. The first-order chi connectivity index (χ1) is 10.6. The summed E-state index contributed by atoms with van der Waals surface area (Å²) < 4.78 is 13.2. The van der Waals surface area contributed by atoms with E-state index in [1.807, 2.05) is 52.8 Å². The number of aromatic nitrogens is 1. The number of aryl methyl sites for hydroxylation is 2. The number of carbonyl (C=O) groups is 1. The molecule has 0 aliphatic carbocycles. The number of hydrogen-bond donors (Lipinski definition) is 0. The Hall–Kier alpha value is -1.75. The average molecular weight is 380 g/mol. The van der Waals surface area contributed by atoms with Gasteiger partial charge in [0.05, 0.1) is 12.8 Å². The monoisotopic (exact) mass is 379 g/mol. The van der Waals surface area contributed by atoms with Gasteiger partial charge in [0.1, 0.15) is 11.4 Å². The highest BCUT2D eigenvalue weighted by atomic mass is 79.9. The molecule has 1 aromatic carbocycles. The van der Waals surface area contributed by atoms with Crippen LogP contribution < -0.4 is 4.74 Å². The minimum atomic E-state index is -0.545. The molecular weight excluding hydrogens is 358 g/mol. The third-order valence-electron chi connectivity index (χ3n) is 3.34. The van der Waals surface area contributed by atoms with Crippen LogP contribution in [-0.4, -0.2) is 23.4 Å². The molecule has 2 rings (SSSR count). The number of rotatable bonds is 2. The van der Waals surface area contributed by atoms with Gasteiger partial charge in [0.15, 0.2) is 0 Å². The lowest BCUT2D eigenvalue weighted by Gasteiger charge is -2.20. The summed E-state index contributed by atoms with van der Waals surface area (Å²) in [5.74, 6) is 0.864. The molecule has 1 aromatic heterocycles. The van der Waals surface area contributed by atoms with Crippen molar-refractivity contribution in [1.82, 2.24) is 4.57 Å². The van der Waals surface area contributed by atoms with Crippen LogP contribution in [0.5, 0.6) is 5.75 Å². The smallest absolute Gasteiger partial charge is 0.419 e. The highest BCUT2D eigenvalue weighted by Gasteiger charge is 2.21. The number of nitrogens with zero attached hydrogens (tertiary/aromatic N) is 1. The molecule has 0 N–H and O–H groups in total. The topological polar surface area (TPSA) is 40.5 Å². The first-order valence-electron chi connectivity index (χ1n) is 7.39. The Morgan fingerprint density at radius 3 is 2.17 bits per heavy atom. The predicted octanol–water partition coefficient (Wildman–Crippen LogP) is 5.33. The fraction of sp³-hybridized carbons (Fsp3) is 0.389. The Labute approximate surface area is 145 Å². The molecule has 0 saturated heterocycles. The molecule has 0 unspecified atom stereocenters. The fourth-order valence-electron chi connectivity index (χ4n) is 2.53. The van der Waals surface area contributed by atoms with Crippen LogP contribution in [-0.2, 0) is 4.74 Å². The van der Waals surface area contributed by atoms with Crippen LogP contribution in [0.25, 0.3) is 11.3 Å². The zero-order valence-corrected chi connectivity index (χ0v) is 15.9. The van der Waals surface area contributed by atoms with Crippen molar-refractivity contribution in [1.29, 1.82) is 0 Å². The summed E-state index contributed by atoms with van der Waals surface area (Å²) in [4.78, 5) is 12.5. The number of halogens is 1. The van der Waals surface area contributed by atoms with Gasteiger partial charge in [0.25, 0.3) is 0 Å². The molecule has 1 heterocycles. The molecule has 0 bridgehead atoms. The summed E-state index contributed by atoms with van der Waals surface area (Å²) >= 11 is 3.44. The lowest BCUT2D eigenvalue weighted by Crippen LogP contribution is -2.27. The predicted molar refractivity (Wildman–Crippen MR) is 95.2 cm³/mol. The van der Waals surface area contributed by atoms with E-state index in [1.165, 1.54) is 4.57 Å². The fourth-order valence-corrected chi connectivity index (χ4v) is 2.96. The molecule has 0 aliphatic heterocycles. The van der Waals surface area contributed by atoms with Crippen molar-refractivity contribution in [2.45, 2.75) is 40.2 Å². The normalized spacial score (nSPS) is 11.4. The van der Waals surface area contributed by atoms with Crippen LogP contribution in [0.15, 0.2) is 28.9 Å². The summed E-state index contributed by atoms with van der Waals surface area (Å²) in [7, 11) is 1.66. The standard InChI is InChI=1S/C18H22BrNO3/c1-11-7-13(8-12(2)16(11)22-6)15-9-14(19)10-20(15)17(21)23-18(3,4)5/h7-10H,1-6H3. The van der Waals surface area contributed by atoms with Gasteiger partial charge in [0, 0.05) is 10.7 Å². The van der Waals surface area contributed by atoms with E-state index >= 15 is 0 Å². The molecule has 2 aromatic rings. The van der Waals surface area contributed by atoms with Crippen molar-refractivity contribution >= 4 is 22.0 Å². The van der Waals surface area contributed by atoms with E-state index in [0.717, 1.165) is 32.6 Å². The number of benzene rings is 1. The Bertz CT molecular complexity index is 718. The summed E-state index contributed by atoms with van der Waals surface area (Å²) in [5.41, 5.74) is 3.22. The molecule has 0 aliphatic rings. The lowest BCUT2D eigenvalue weighted by atomic mass is 10.0. The SMILES string of the molecule is COc1c(C)cc(-c2cc(Br)cn2C(=O)OC(C)(C)C)cc1C. The molecule has 23 heavy (non-hydrogen) atoms. The van der Waals surface area contributed by atoms with Gasteiger partial charge in [-0.3, -0.25) is 4.57 Å². The quantitative estimate of drug-likeness (QED) is 0.707. The summed E-state index contributed by atoms with van der Waals surface area (Å²) in [6.07, 6.45) is 1.32. The van der Waals surface area contributed by atoms with Crippen molar-refractivity contribution in [2.24, 2.45) is 0 Å². The molecule has 0 amide bonds. The molecule has 0 atom stereocenters. The molecule has 0 fully saturated rings. The van der Waals surface area contributed by atoms with E-state index < -0.39 is 11.7 Å². The Kier molecular flexibility index (Phi) is 4.90. The first kappa shape index (κ1) is 17.6. The van der Waals surface area contributed by atoms with Crippen molar-refractivity contribution in [3.8, 4) is 17.0 Å². The van der Waals surface area contributed by atoms with E-state index in [1.54, 1.807) is 13.3 Å². The van der Waals surface area contributed by atoms with Crippen molar-refractivity contribution < 1.29 is 14.3 Å². The van der Waals surface area contributed by atoms with Crippen LogP contribution in [0.2, 0.25) is 0 Å². The van der Waals surface area contributed by atoms with Crippen LogP contribution >= 0.6 is 15.9 Å². The number of methoxy groups -OCH3 is 1. The number of carbonyl (C=O) groups excluding carboxylic acids is 1. The second-order valence-corrected chi connectivity index (χ2v) is 7.45.